The van der Waals surface area contributed by atoms with Crippen molar-refractivity contribution in [3.8, 4) is 0 Å². The summed E-state index contributed by atoms with van der Waals surface area (Å²) in [5, 5.41) is 32.5. The van der Waals surface area contributed by atoms with Crippen LogP contribution in [0.5, 0.6) is 0 Å². The van der Waals surface area contributed by atoms with Crippen LogP contribution in [0, 0.1) is 0 Å². The van der Waals surface area contributed by atoms with E-state index < -0.39 is 10.4 Å². The predicted octanol–water partition coefficient (Wildman–Crippen LogP) is -0.608. The van der Waals surface area contributed by atoms with Gasteiger partial charge in [0.1, 0.15) is 25.3 Å². The number of aliphatic hydroxyl groups is 2. The van der Waals surface area contributed by atoms with Gasteiger partial charge in [-0.25, -0.2) is 0 Å². The van der Waals surface area contributed by atoms with E-state index in [4.69, 9.17) is 17.5 Å². The molecule has 0 radical (unpaired) electrons. The van der Waals surface area contributed by atoms with Crippen molar-refractivity contribution in [2.24, 2.45) is 0 Å². The maximum absolute atomic E-state index is 9.60. The molecule has 0 amide bonds. The summed E-state index contributed by atoms with van der Waals surface area (Å²) >= 11 is 0. The van der Waals surface area contributed by atoms with Gasteiger partial charge in [0.2, 0.25) is 0 Å². The van der Waals surface area contributed by atoms with E-state index >= 15 is 0 Å². The molecular formula is C28H60N6O6S. The molecule has 6 N–H and O–H groups in total. The highest BCUT2D eigenvalue weighted by Crippen LogP contribution is 2.04. The quantitative estimate of drug-likeness (QED) is 0.0273. The molecule has 0 spiro atoms. The van der Waals surface area contributed by atoms with Crippen LogP contribution in [-0.4, -0.2) is 155 Å². The zero-order chi connectivity index (χ0) is 32.2. The Morgan fingerprint density at radius 3 is 0.976 bits per heavy atom. The van der Waals surface area contributed by atoms with E-state index in [1.165, 1.54) is 0 Å². The molecule has 0 aromatic carbocycles. The number of nitrogens with one attached hydrogen (secondary N) is 4. The van der Waals surface area contributed by atoms with E-state index in [2.05, 4.69) is 61.7 Å². The van der Waals surface area contributed by atoms with E-state index in [-0.39, 0.29) is 12.2 Å². The third-order valence-electron chi connectivity index (χ3n) is 5.88. The average molecular weight is 609 g/mol. The molecule has 0 heterocycles. The first-order chi connectivity index (χ1) is 19.1. The normalized spacial score (nSPS) is 13.1. The van der Waals surface area contributed by atoms with Crippen LogP contribution < -0.4 is 21.3 Å². The van der Waals surface area contributed by atoms with E-state index in [0.717, 1.165) is 101 Å². The lowest BCUT2D eigenvalue weighted by Crippen LogP contribution is -2.54. The van der Waals surface area contributed by atoms with Gasteiger partial charge >= 0.3 is 0 Å². The van der Waals surface area contributed by atoms with Gasteiger partial charge < -0.3 is 49.6 Å². The molecule has 0 saturated carbocycles. The minimum Gasteiger partial charge on any atom is -0.759 e. The van der Waals surface area contributed by atoms with Crippen molar-refractivity contribution >= 4 is 10.4 Å². The molecule has 13 heteroatoms. The van der Waals surface area contributed by atoms with Gasteiger partial charge in [0, 0.05) is 62.8 Å². The van der Waals surface area contributed by atoms with Gasteiger partial charge in [0.25, 0.3) is 0 Å². The number of aliphatic hydroxyl groups excluding tert-OH is 2. The third-order valence-corrected chi connectivity index (χ3v) is 5.88. The molecule has 244 valence electrons. The molecule has 2 unspecified atom stereocenters. The fourth-order valence-electron chi connectivity index (χ4n) is 4.08. The standard InChI is InChI=1S/2C14H30N3O.H2O4S/c2*1-5-7-15-9-11-17(4,13-14(3)18)12-10-16-8-6-2;1-5(2,3)4/h2*5-6,14-16,18H,1-2,7-13H2,3-4H3;(H2,1,2,3,4)/q2*+1;/p-2. The first-order valence-corrected chi connectivity index (χ1v) is 15.4. The summed E-state index contributed by atoms with van der Waals surface area (Å²) in [6.07, 6.45) is 6.92. The van der Waals surface area contributed by atoms with Crippen LogP contribution in [0.1, 0.15) is 13.8 Å². The summed E-state index contributed by atoms with van der Waals surface area (Å²) in [6, 6.07) is 0. The van der Waals surface area contributed by atoms with Crippen molar-refractivity contribution < 1.29 is 36.7 Å². The fourth-order valence-corrected chi connectivity index (χ4v) is 4.08. The summed E-state index contributed by atoms with van der Waals surface area (Å²) in [6.45, 7) is 31.2. The largest absolute Gasteiger partial charge is 0.759 e. The maximum Gasteiger partial charge on any atom is 0.105 e. The molecule has 0 aromatic heterocycles. The highest BCUT2D eigenvalue weighted by Gasteiger charge is 2.23. The molecule has 41 heavy (non-hydrogen) atoms. The van der Waals surface area contributed by atoms with Crippen molar-refractivity contribution in [3.05, 3.63) is 50.6 Å². The molecule has 0 bridgehead atoms. The Balaban J connectivity index is -0.000000604. The zero-order valence-electron chi connectivity index (χ0n) is 26.0. The van der Waals surface area contributed by atoms with Crippen LogP contribution >= 0.6 is 0 Å². The Morgan fingerprint density at radius 1 is 0.634 bits per heavy atom. The summed E-state index contributed by atoms with van der Waals surface area (Å²) in [7, 11) is -0.782. The van der Waals surface area contributed by atoms with Gasteiger partial charge in [-0.1, -0.05) is 24.3 Å². The van der Waals surface area contributed by atoms with Crippen LogP contribution in [0.25, 0.3) is 0 Å². The van der Waals surface area contributed by atoms with E-state index in [0.29, 0.717) is 0 Å². The van der Waals surface area contributed by atoms with Crippen molar-refractivity contribution in [2.45, 2.75) is 26.1 Å². The van der Waals surface area contributed by atoms with Crippen LogP contribution in [0.2, 0.25) is 0 Å². The van der Waals surface area contributed by atoms with Gasteiger partial charge in [-0.05, 0) is 13.8 Å². The maximum atomic E-state index is 9.60. The van der Waals surface area contributed by atoms with Crippen LogP contribution in [0.4, 0.5) is 0 Å². The lowest BCUT2D eigenvalue weighted by atomic mass is 10.3. The molecule has 2 atom stereocenters. The number of nitrogens with zero attached hydrogens (tertiary/aromatic N) is 2. The van der Waals surface area contributed by atoms with Crippen molar-refractivity contribution in [1.29, 1.82) is 0 Å². The topological polar surface area (TPSA) is 169 Å². The number of likely N-dealkylation sites (N-methyl/N-ethyl adjacent to an activating group) is 2. The second-order valence-electron chi connectivity index (χ2n) is 10.6. The minimum atomic E-state index is -5.17. The molecule has 0 aliphatic heterocycles. The molecular weight excluding hydrogens is 548 g/mol. The first kappa shape index (κ1) is 44.0. The highest BCUT2D eigenvalue weighted by molar-refractivity contribution is 7.79. The second kappa shape index (κ2) is 27.3. The van der Waals surface area contributed by atoms with Gasteiger partial charge in [0.05, 0.1) is 40.3 Å². The highest BCUT2D eigenvalue weighted by atomic mass is 32.3. The minimum absolute atomic E-state index is 0.270. The van der Waals surface area contributed by atoms with E-state index in [1.807, 2.05) is 38.2 Å². The van der Waals surface area contributed by atoms with Crippen molar-refractivity contribution in [2.75, 3.05) is 106 Å². The van der Waals surface area contributed by atoms with Gasteiger partial charge in [-0.2, -0.15) is 0 Å². The summed E-state index contributed by atoms with van der Waals surface area (Å²) in [4.78, 5) is 0. The van der Waals surface area contributed by atoms with Gasteiger partial charge in [0.15, 0.2) is 0 Å². The fraction of sp³-hybridized carbons (Fsp3) is 0.714. The molecule has 0 aliphatic carbocycles. The Bertz CT molecular complexity index is 677. The number of hydrogen-bond acceptors (Lipinski definition) is 10. The monoisotopic (exact) mass is 608 g/mol. The smallest absolute Gasteiger partial charge is 0.105 e. The molecule has 0 aromatic rings. The van der Waals surface area contributed by atoms with E-state index in [9.17, 15) is 10.2 Å². The number of quaternary nitrogens is 2. The second-order valence-corrected chi connectivity index (χ2v) is 11.4. The van der Waals surface area contributed by atoms with Crippen LogP contribution in [0.3, 0.4) is 0 Å². The molecule has 0 saturated heterocycles. The lowest BCUT2D eigenvalue weighted by molar-refractivity contribution is -0.910. The first-order valence-electron chi connectivity index (χ1n) is 14.0. The zero-order valence-corrected chi connectivity index (χ0v) is 26.8. The summed E-state index contributed by atoms with van der Waals surface area (Å²) in [5.74, 6) is 0. The Morgan fingerprint density at radius 2 is 0.829 bits per heavy atom. The Kier molecular flexibility index (Phi) is 29.3. The third kappa shape index (κ3) is 38.5. The Hall–Kier alpha value is -1.49. The summed E-state index contributed by atoms with van der Waals surface area (Å²) < 4.78 is 35.8. The van der Waals surface area contributed by atoms with Crippen molar-refractivity contribution in [3.63, 3.8) is 0 Å². The average Bonchev–Trinajstić information content (AvgIpc) is 2.84. The van der Waals surface area contributed by atoms with Gasteiger partial charge in [-0.3, -0.25) is 8.42 Å². The summed E-state index contributed by atoms with van der Waals surface area (Å²) in [5.41, 5.74) is 0. The molecule has 0 fully saturated rings. The van der Waals surface area contributed by atoms with Crippen LogP contribution in [-0.2, 0) is 10.4 Å². The van der Waals surface area contributed by atoms with Crippen molar-refractivity contribution in [1.82, 2.24) is 21.3 Å². The molecule has 12 nitrogen and oxygen atoms in total. The molecule has 0 aliphatic rings. The van der Waals surface area contributed by atoms with Gasteiger partial charge in [-0.15, -0.1) is 26.3 Å². The lowest BCUT2D eigenvalue weighted by Gasteiger charge is -2.36. The van der Waals surface area contributed by atoms with E-state index in [1.54, 1.807) is 0 Å². The van der Waals surface area contributed by atoms with Crippen LogP contribution in [0.15, 0.2) is 50.6 Å². The molecule has 0 rings (SSSR count). The number of hydrogen-bond donors (Lipinski definition) is 6. The predicted molar refractivity (Wildman–Crippen MR) is 168 cm³/mol. The SMILES string of the molecule is C=CCNCC[N+](C)(CCNCC=C)CC(C)O.C=CCNCC[N+](C)(CCNCC=C)CC(C)O.O=S(=O)([O-])[O-]. The Labute approximate surface area is 250 Å². The number of rotatable bonds is 24.